The number of carbonyl (C=O) groups is 1. The molecule has 0 spiro atoms. The standard InChI is InChI=1S/C18H29NO3/c1-13(2)16-8-7-15(5)11-17(16)22-12-18(20)19-9-6-10-21-14(3)4/h7-8,11,13-14H,6,9-10,12H2,1-5H3,(H,19,20). The minimum atomic E-state index is -0.0965. The van der Waals surface area contributed by atoms with Gasteiger partial charge >= 0.3 is 0 Å². The third-order valence-corrected chi connectivity index (χ3v) is 3.24. The summed E-state index contributed by atoms with van der Waals surface area (Å²) >= 11 is 0. The van der Waals surface area contributed by atoms with Crippen molar-refractivity contribution in [1.82, 2.24) is 5.32 Å². The zero-order chi connectivity index (χ0) is 16.5. The molecule has 1 N–H and O–H groups in total. The highest BCUT2D eigenvalue weighted by molar-refractivity contribution is 5.77. The van der Waals surface area contributed by atoms with Crippen molar-refractivity contribution in [2.75, 3.05) is 19.8 Å². The molecule has 22 heavy (non-hydrogen) atoms. The molecule has 0 aliphatic carbocycles. The number of carbonyl (C=O) groups excluding carboxylic acids is 1. The van der Waals surface area contributed by atoms with E-state index in [2.05, 4.69) is 31.3 Å². The Balaban J connectivity index is 2.36. The molecule has 4 nitrogen and oxygen atoms in total. The maximum Gasteiger partial charge on any atom is 0.257 e. The summed E-state index contributed by atoms with van der Waals surface area (Å²) in [5.41, 5.74) is 2.26. The first-order valence-corrected chi connectivity index (χ1v) is 8.01. The van der Waals surface area contributed by atoms with E-state index in [1.165, 1.54) is 0 Å². The van der Waals surface area contributed by atoms with E-state index in [9.17, 15) is 4.79 Å². The number of aryl methyl sites for hydroxylation is 1. The largest absolute Gasteiger partial charge is 0.483 e. The fourth-order valence-electron chi connectivity index (χ4n) is 2.06. The maximum atomic E-state index is 11.8. The second-order valence-corrected chi connectivity index (χ2v) is 6.11. The molecule has 124 valence electrons. The van der Waals surface area contributed by atoms with Gasteiger partial charge in [0.15, 0.2) is 6.61 Å². The number of benzene rings is 1. The fraction of sp³-hybridized carbons (Fsp3) is 0.611. The van der Waals surface area contributed by atoms with E-state index < -0.39 is 0 Å². The van der Waals surface area contributed by atoms with E-state index >= 15 is 0 Å². The highest BCUT2D eigenvalue weighted by Crippen LogP contribution is 2.27. The molecule has 0 fully saturated rings. The smallest absolute Gasteiger partial charge is 0.257 e. The molecule has 0 heterocycles. The summed E-state index contributed by atoms with van der Waals surface area (Å²) in [7, 11) is 0. The number of nitrogens with one attached hydrogen (secondary N) is 1. The second-order valence-electron chi connectivity index (χ2n) is 6.11. The first-order valence-electron chi connectivity index (χ1n) is 8.01. The fourth-order valence-corrected chi connectivity index (χ4v) is 2.06. The average molecular weight is 307 g/mol. The molecule has 1 amide bonds. The van der Waals surface area contributed by atoms with Crippen molar-refractivity contribution in [3.05, 3.63) is 29.3 Å². The Labute approximate surface area is 134 Å². The van der Waals surface area contributed by atoms with Gasteiger partial charge in [-0.3, -0.25) is 4.79 Å². The first-order chi connectivity index (χ1) is 10.4. The van der Waals surface area contributed by atoms with E-state index in [0.29, 0.717) is 19.1 Å². The van der Waals surface area contributed by atoms with E-state index in [1.54, 1.807) is 0 Å². The zero-order valence-electron chi connectivity index (χ0n) is 14.4. The quantitative estimate of drug-likeness (QED) is 0.711. The van der Waals surface area contributed by atoms with Crippen molar-refractivity contribution < 1.29 is 14.3 Å². The normalized spacial score (nSPS) is 11.0. The van der Waals surface area contributed by atoms with E-state index in [0.717, 1.165) is 23.3 Å². The molecule has 0 atom stereocenters. The van der Waals surface area contributed by atoms with Crippen molar-refractivity contribution in [3.8, 4) is 5.75 Å². The van der Waals surface area contributed by atoms with Gasteiger partial charge in [0.25, 0.3) is 5.91 Å². The Morgan fingerprint density at radius 2 is 1.95 bits per heavy atom. The number of ether oxygens (including phenoxy) is 2. The molecular formula is C18H29NO3. The minimum absolute atomic E-state index is 0.0498. The monoisotopic (exact) mass is 307 g/mol. The highest BCUT2D eigenvalue weighted by Gasteiger charge is 2.10. The van der Waals surface area contributed by atoms with Gasteiger partial charge in [0.05, 0.1) is 6.10 Å². The molecular weight excluding hydrogens is 278 g/mol. The predicted molar refractivity (Wildman–Crippen MR) is 89.5 cm³/mol. The lowest BCUT2D eigenvalue weighted by atomic mass is 10.0. The molecule has 0 unspecified atom stereocenters. The average Bonchev–Trinajstić information content (AvgIpc) is 2.44. The molecule has 1 aromatic carbocycles. The lowest BCUT2D eigenvalue weighted by molar-refractivity contribution is -0.123. The Morgan fingerprint density at radius 3 is 2.59 bits per heavy atom. The minimum Gasteiger partial charge on any atom is -0.483 e. The van der Waals surface area contributed by atoms with Crippen molar-refractivity contribution in [3.63, 3.8) is 0 Å². The lowest BCUT2D eigenvalue weighted by Crippen LogP contribution is -2.30. The predicted octanol–water partition coefficient (Wildman–Crippen LogP) is 3.43. The molecule has 0 aliphatic rings. The Kier molecular flexibility index (Phi) is 7.96. The third-order valence-electron chi connectivity index (χ3n) is 3.24. The lowest BCUT2D eigenvalue weighted by Gasteiger charge is -2.15. The van der Waals surface area contributed by atoms with Crippen LogP contribution in [0.25, 0.3) is 0 Å². The van der Waals surface area contributed by atoms with Gasteiger partial charge in [0, 0.05) is 13.2 Å². The molecule has 0 aliphatic heterocycles. The van der Waals surface area contributed by atoms with Gasteiger partial charge in [-0.25, -0.2) is 0 Å². The summed E-state index contributed by atoms with van der Waals surface area (Å²) in [6, 6.07) is 6.12. The van der Waals surface area contributed by atoms with Crippen molar-refractivity contribution in [2.24, 2.45) is 0 Å². The van der Waals surface area contributed by atoms with Crippen LogP contribution in [-0.2, 0) is 9.53 Å². The van der Waals surface area contributed by atoms with E-state index in [1.807, 2.05) is 26.8 Å². The Hall–Kier alpha value is -1.55. The van der Waals surface area contributed by atoms with Crippen LogP contribution in [0.4, 0.5) is 0 Å². The summed E-state index contributed by atoms with van der Waals surface area (Å²) in [5, 5.41) is 2.85. The third kappa shape index (κ3) is 6.94. The van der Waals surface area contributed by atoms with Crippen molar-refractivity contribution in [1.29, 1.82) is 0 Å². The molecule has 0 saturated heterocycles. The molecule has 4 heteroatoms. The first kappa shape index (κ1) is 18.5. The van der Waals surface area contributed by atoms with Crippen LogP contribution in [0.3, 0.4) is 0 Å². The van der Waals surface area contributed by atoms with Gasteiger partial charge in [-0.2, -0.15) is 0 Å². The van der Waals surface area contributed by atoms with Gasteiger partial charge in [-0.15, -0.1) is 0 Å². The highest BCUT2D eigenvalue weighted by atomic mass is 16.5. The summed E-state index contributed by atoms with van der Waals surface area (Å²) in [6.45, 7) is 11.6. The van der Waals surface area contributed by atoms with E-state index in [-0.39, 0.29) is 18.6 Å². The van der Waals surface area contributed by atoms with E-state index in [4.69, 9.17) is 9.47 Å². The maximum absolute atomic E-state index is 11.8. The van der Waals surface area contributed by atoms with Crippen LogP contribution < -0.4 is 10.1 Å². The van der Waals surface area contributed by atoms with Crippen LogP contribution in [-0.4, -0.2) is 31.8 Å². The van der Waals surface area contributed by atoms with Gasteiger partial charge in [-0.05, 0) is 50.3 Å². The molecule has 0 radical (unpaired) electrons. The molecule has 0 bridgehead atoms. The summed E-state index contributed by atoms with van der Waals surface area (Å²) < 4.78 is 11.1. The van der Waals surface area contributed by atoms with Gasteiger partial charge < -0.3 is 14.8 Å². The molecule has 1 rings (SSSR count). The Bertz CT molecular complexity index is 469. The van der Waals surface area contributed by atoms with Crippen LogP contribution in [0.15, 0.2) is 18.2 Å². The van der Waals surface area contributed by atoms with Gasteiger partial charge in [-0.1, -0.05) is 26.0 Å². The van der Waals surface area contributed by atoms with Crippen molar-refractivity contribution >= 4 is 5.91 Å². The van der Waals surface area contributed by atoms with Crippen molar-refractivity contribution in [2.45, 2.75) is 53.1 Å². The SMILES string of the molecule is Cc1ccc(C(C)C)c(OCC(=O)NCCCOC(C)C)c1. The summed E-state index contributed by atoms with van der Waals surface area (Å²) in [6.07, 6.45) is 1.04. The molecule has 0 aromatic heterocycles. The van der Waals surface area contributed by atoms with Crippen LogP contribution in [0.2, 0.25) is 0 Å². The molecule has 0 saturated carbocycles. The zero-order valence-corrected chi connectivity index (χ0v) is 14.4. The number of hydrogen-bond donors (Lipinski definition) is 1. The van der Waals surface area contributed by atoms with Gasteiger partial charge in [0.2, 0.25) is 0 Å². The molecule has 1 aromatic rings. The topological polar surface area (TPSA) is 47.6 Å². The van der Waals surface area contributed by atoms with Crippen LogP contribution in [0.1, 0.15) is 51.2 Å². The van der Waals surface area contributed by atoms with Crippen LogP contribution in [0, 0.1) is 6.92 Å². The second kappa shape index (κ2) is 9.46. The summed E-state index contributed by atoms with van der Waals surface area (Å²) in [4.78, 5) is 11.8. The number of rotatable bonds is 9. The number of hydrogen-bond acceptors (Lipinski definition) is 3. The summed E-state index contributed by atoms with van der Waals surface area (Å²) in [5.74, 6) is 1.07. The number of amides is 1. The Morgan fingerprint density at radius 1 is 1.23 bits per heavy atom. The van der Waals surface area contributed by atoms with Gasteiger partial charge in [0.1, 0.15) is 5.75 Å². The van der Waals surface area contributed by atoms with Crippen LogP contribution >= 0.6 is 0 Å². The van der Waals surface area contributed by atoms with Crippen LogP contribution in [0.5, 0.6) is 5.75 Å².